The Morgan fingerprint density at radius 2 is 2.47 bits per heavy atom. The number of piperazine rings is 1. The summed E-state index contributed by atoms with van der Waals surface area (Å²) in [5.41, 5.74) is 0. The molecule has 1 rings (SSSR count). The maximum atomic E-state index is 11.9. The maximum absolute atomic E-state index is 11.9. The first-order chi connectivity index (χ1) is 7.19. The van der Waals surface area contributed by atoms with Crippen molar-refractivity contribution < 1.29 is 4.79 Å². The van der Waals surface area contributed by atoms with Crippen molar-refractivity contribution in [3.8, 4) is 6.07 Å². The van der Waals surface area contributed by atoms with Crippen molar-refractivity contribution in [2.75, 3.05) is 19.6 Å². The molecule has 2 unspecified atom stereocenters. The largest absolute Gasteiger partial charge is 0.324 e. The predicted octanol–water partition coefficient (Wildman–Crippen LogP) is 0.747. The summed E-state index contributed by atoms with van der Waals surface area (Å²) in [6, 6.07) is 1.89. The summed E-state index contributed by atoms with van der Waals surface area (Å²) in [5.74, 6) is 0.532. The quantitative estimate of drug-likeness (QED) is 0.746. The third-order valence-corrected chi connectivity index (χ3v) is 2.93. The van der Waals surface area contributed by atoms with E-state index in [9.17, 15) is 4.79 Å². The Morgan fingerprint density at radius 3 is 3.07 bits per heavy atom. The zero-order valence-electron chi connectivity index (χ0n) is 9.49. The number of nitrogens with one attached hydrogen (secondary N) is 1. The molecule has 1 saturated heterocycles. The van der Waals surface area contributed by atoms with Gasteiger partial charge in [-0.25, -0.2) is 0 Å². The van der Waals surface area contributed by atoms with E-state index < -0.39 is 0 Å². The van der Waals surface area contributed by atoms with E-state index in [0.717, 1.165) is 13.0 Å². The van der Waals surface area contributed by atoms with Gasteiger partial charge in [-0.15, -0.1) is 0 Å². The second-order valence-corrected chi connectivity index (χ2v) is 4.15. The Kier molecular flexibility index (Phi) is 4.57. The first-order valence-corrected chi connectivity index (χ1v) is 5.58. The van der Waals surface area contributed by atoms with E-state index in [4.69, 9.17) is 5.26 Å². The van der Waals surface area contributed by atoms with E-state index in [1.54, 1.807) is 4.90 Å². The minimum absolute atomic E-state index is 0.123. The molecular weight excluding hydrogens is 190 g/mol. The van der Waals surface area contributed by atoms with Crippen molar-refractivity contribution in [1.29, 1.82) is 5.26 Å². The number of rotatable bonds is 3. The van der Waals surface area contributed by atoms with Crippen LogP contribution in [-0.2, 0) is 4.79 Å². The number of hydrogen-bond donors (Lipinski definition) is 1. The fourth-order valence-corrected chi connectivity index (χ4v) is 1.68. The second kappa shape index (κ2) is 5.72. The molecule has 2 atom stereocenters. The molecule has 1 heterocycles. The third-order valence-electron chi connectivity index (χ3n) is 2.93. The average Bonchev–Trinajstić information content (AvgIpc) is 2.28. The highest BCUT2D eigenvalue weighted by molar-refractivity contribution is 5.77. The second-order valence-electron chi connectivity index (χ2n) is 4.15. The number of carbonyl (C=O) groups is 1. The standard InChI is InChI=1S/C11H19N3O/c1-3-9(2)6-11(15)14-5-4-13-8-10(14)7-12/h9-10,13H,3-6,8H2,1-2H3. The van der Waals surface area contributed by atoms with Crippen LogP contribution in [0.2, 0.25) is 0 Å². The molecule has 0 radical (unpaired) electrons. The number of amides is 1. The molecule has 84 valence electrons. The zero-order chi connectivity index (χ0) is 11.3. The first kappa shape index (κ1) is 12.0. The number of nitriles is 1. The summed E-state index contributed by atoms with van der Waals surface area (Å²) in [7, 11) is 0. The van der Waals surface area contributed by atoms with E-state index >= 15 is 0 Å². The van der Waals surface area contributed by atoms with Gasteiger partial charge in [-0.2, -0.15) is 5.26 Å². The SMILES string of the molecule is CCC(C)CC(=O)N1CCNCC1C#N. The van der Waals surface area contributed by atoms with Crippen LogP contribution in [0, 0.1) is 17.2 Å². The van der Waals surface area contributed by atoms with Gasteiger partial charge < -0.3 is 10.2 Å². The Labute approximate surface area is 91.2 Å². The van der Waals surface area contributed by atoms with E-state index in [1.807, 2.05) is 0 Å². The number of hydrogen-bond acceptors (Lipinski definition) is 3. The molecule has 1 N–H and O–H groups in total. The highest BCUT2D eigenvalue weighted by Gasteiger charge is 2.26. The molecule has 15 heavy (non-hydrogen) atoms. The number of carbonyl (C=O) groups excluding carboxylic acids is 1. The van der Waals surface area contributed by atoms with Crippen LogP contribution in [0.3, 0.4) is 0 Å². The van der Waals surface area contributed by atoms with Crippen LogP contribution in [0.4, 0.5) is 0 Å². The van der Waals surface area contributed by atoms with Gasteiger partial charge in [-0.05, 0) is 5.92 Å². The van der Waals surface area contributed by atoms with E-state index in [1.165, 1.54) is 0 Å². The van der Waals surface area contributed by atoms with Crippen LogP contribution in [-0.4, -0.2) is 36.5 Å². The van der Waals surface area contributed by atoms with Crippen LogP contribution >= 0.6 is 0 Å². The van der Waals surface area contributed by atoms with Crippen LogP contribution in [0.15, 0.2) is 0 Å². The lowest BCUT2D eigenvalue weighted by Crippen LogP contribution is -2.53. The molecule has 0 aromatic carbocycles. The zero-order valence-corrected chi connectivity index (χ0v) is 9.49. The van der Waals surface area contributed by atoms with Crippen molar-refractivity contribution in [1.82, 2.24) is 10.2 Å². The highest BCUT2D eigenvalue weighted by Crippen LogP contribution is 2.12. The van der Waals surface area contributed by atoms with E-state index in [2.05, 4.69) is 25.2 Å². The van der Waals surface area contributed by atoms with Crippen LogP contribution in [0.25, 0.3) is 0 Å². The Balaban J connectivity index is 2.53. The number of nitrogens with zero attached hydrogens (tertiary/aromatic N) is 2. The molecule has 0 aromatic heterocycles. The minimum Gasteiger partial charge on any atom is -0.324 e. The smallest absolute Gasteiger partial charge is 0.223 e. The van der Waals surface area contributed by atoms with Crippen molar-refractivity contribution in [3.05, 3.63) is 0 Å². The molecule has 1 aliphatic heterocycles. The van der Waals surface area contributed by atoms with Gasteiger partial charge in [0.2, 0.25) is 5.91 Å². The van der Waals surface area contributed by atoms with Gasteiger partial charge in [0.15, 0.2) is 0 Å². The summed E-state index contributed by atoms with van der Waals surface area (Å²) < 4.78 is 0. The van der Waals surface area contributed by atoms with Crippen LogP contribution < -0.4 is 5.32 Å². The van der Waals surface area contributed by atoms with Gasteiger partial charge in [0.25, 0.3) is 0 Å². The lowest BCUT2D eigenvalue weighted by molar-refractivity contribution is -0.134. The Bertz CT molecular complexity index is 259. The highest BCUT2D eigenvalue weighted by atomic mass is 16.2. The fourth-order valence-electron chi connectivity index (χ4n) is 1.68. The lowest BCUT2D eigenvalue weighted by atomic mass is 10.0. The van der Waals surface area contributed by atoms with Crippen molar-refractivity contribution in [2.45, 2.75) is 32.7 Å². The summed E-state index contributed by atoms with van der Waals surface area (Å²) in [5, 5.41) is 12.0. The van der Waals surface area contributed by atoms with Crippen LogP contribution in [0.1, 0.15) is 26.7 Å². The van der Waals surface area contributed by atoms with Crippen molar-refractivity contribution in [3.63, 3.8) is 0 Å². The van der Waals surface area contributed by atoms with Gasteiger partial charge in [-0.3, -0.25) is 4.79 Å². The predicted molar refractivity (Wildman–Crippen MR) is 58.1 cm³/mol. The maximum Gasteiger partial charge on any atom is 0.223 e. The lowest BCUT2D eigenvalue weighted by Gasteiger charge is -2.32. The molecule has 1 fully saturated rings. The van der Waals surface area contributed by atoms with Gasteiger partial charge in [-0.1, -0.05) is 20.3 Å². The molecule has 0 aliphatic carbocycles. The third kappa shape index (κ3) is 3.21. The van der Waals surface area contributed by atoms with Gasteiger partial charge >= 0.3 is 0 Å². The van der Waals surface area contributed by atoms with Crippen molar-refractivity contribution in [2.24, 2.45) is 5.92 Å². The summed E-state index contributed by atoms with van der Waals surface area (Å²) in [6.45, 7) is 6.21. The van der Waals surface area contributed by atoms with Crippen molar-refractivity contribution >= 4 is 5.91 Å². The van der Waals surface area contributed by atoms with E-state index in [-0.39, 0.29) is 11.9 Å². The van der Waals surface area contributed by atoms with E-state index in [0.29, 0.717) is 25.4 Å². The molecule has 4 heteroatoms. The van der Waals surface area contributed by atoms with Crippen LogP contribution in [0.5, 0.6) is 0 Å². The fraction of sp³-hybridized carbons (Fsp3) is 0.818. The molecule has 0 bridgehead atoms. The molecule has 0 spiro atoms. The molecule has 0 saturated carbocycles. The molecule has 1 aliphatic rings. The molecule has 4 nitrogen and oxygen atoms in total. The Hall–Kier alpha value is -1.08. The summed E-state index contributed by atoms with van der Waals surface area (Å²) >= 11 is 0. The minimum atomic E-state index is -0.282. The van der Waals surface area contributed by atoms with Gasteiger partial charge in [0, 0.05) is 26.1 Å². The average molecular weight is 209 g/mol. The monoisotopic (exact) mass is 209 g/mol. The molecule has 1 amide bonds. The normalized spacial score (nSPS) is 23.3. The molecular formula is C11H19N3O. The summed E-state index contributed by atoms with van der Waals surface area (Å²) in [6.07, 6.45) is 1.57. The molecule has 0 aromatic rings. The first-order valence-electron chi connectivity index (χ1n) is 5.58. The Morgan fingerprint density at radius 1 is 1.73 bits per heavy atom. The van der Waals surface area contributed by atoms with Gasteiger partial charge in [0.1, 0.15) is 6.04 Å². The topological polar surface area (TPSA) is 56.1 Å². The summed E-state index contributed by atoms with van der Waals surface area (Å²) in [4.78, 5) is 13.6. The van der Waals surface area contributed by atoms with Gasteiger partial charge in [0.05, 0.1) is 6.07 Å².